The zero-order valence-electron chi connectivity index (χ0n) is 16.6. The second-order valence-corrected chi connectivity index (χ2v) is 7.56. The fourth-order valence-corrected chi connectivity index (χ4v) is 3.43. The number of benzene rings is 1. The maximum Gasteiger partial charge on any atom is 0.223 e. The lowest BCUT2D eigenvalue weighted by molar-refractivity contribution is -0.133. The van der Waals surface area contributed by atoms with Crippen molar-refractivity contribution in [3.05, 3.63) is 52.3 Å². The smallest absolute Gasteiger partial charge is 0.223 e. The van der Waals surface area contributed by atoms with Crippen molar-refractivity contribution >= 4 is 17.7 Å². The molecule has 1 aromatic carbocycles. The first kappa shape index (κ1) is 20.9. The van der Waals surface area contributed by atoms with E-state index in [-0.39, 0.29) is 11.9 Å². The van der Waals surface area contributed by atoms with Crippen LogP contribution in [0.15, 0.2) is 29.4 Å². The van der Waals surface area contributed by atoms with Gasteiger partial charge in [-0.05, 0) is 63.6 Å². The topological polar surface area (TPSA) is 69.9 Å². The third-order valence-corrected chi connectivity index (χ3v) is 5.10. The Bertz CT molecular complexity index is 817. The summed E-state index contributed by atoms with van der Waals surface area (Å²) in [5.74, 6) is 0.113. The molecule has 0 aliphatic carbocycles. The van der Waals surface area contributed by atoms with Crippen LogP contribution in [-0.2, 0) is 17.8 Å². The van der Waals surface area contributed by atoms with E-state index in [2.05, 4.69) is 16.0 Å². The van der Waals surface area contributed by atoms with Crippen molar-refractivity contribution in [2.24, 2.45) is 0 Å². The molecule has 0 aliphatic rings. The average molecular weight is 383 g/mol. The van der Waals surface area contributed by atoms with Crippen molar-refractivity contribution in [3.63, 3.8) is 0 Å². The molecule has 5 nitrogen and oxygen atoms in total. The molecule has 0 radical (unpaired) electrons. The van der Waals surface area contributed by atoms with Crippen LogP contribution in [0.5, 0.6) is 0 Å². The normalized spacial score (nSPS) is 10.7. The van der Waals surface area contributed by atoms with Gasteiger partial charge >= 0.3 is 0 Å². The Morgan fingerprint density at radius 3 is 2.26 bits per heavy atom. The van der Waals surface area contributed by atoms with Gasteiger partial charge in [-0.3, -0.25) is 4.79 Å². The summed E-state index contributed by atoms with van der Waals surface area (Å²) < 4.78 is 0. The summed E-state index contributed by atoms with van der Waals surface area (Å²) in [7, 11) is 0. The molecule has 1 amide bonds. The quantitative estimate of drug-likeness (QED) is 0.533. The highest BCUT2D eigenvalue weighted by atomic mass is 32.2. The van der Waals surface area contributed by atoms with Crippen LogP contribution in [-0.4, -0.2) is 33.1 Å². The van der Waals surface area contributed by atoms with E-state index in [1.54, 1.807) is 12.1 Å². The van der Waals surface area contributed by atoms with Crippen molar-refractivity contribution in [3.8, 4) is 6.07 Å². The highest BCUT2D eigenvalue weighted by Gasteiger charge is 2.18. The number of hydrogen-bond donors (Lipinski definition) is 0. The van der Waals surface area contributed by atoms with E-state index in [0.717, 1.165) is 27.7 Å². The van der Waals surface area contributed by atoms with Crippen molar-refractivity contribution in [1.82, 2.24) is 14.9 Å². The molecule has 2 rings (SSSR count). The van der Waals surface area contributed by atoms with Gasteiger partial charge in [-0.25, -0.2) is 9.97 Å². The van der Waals surface area contributed by atoms with E-state index in [4.69, 9.17) is 5.26 Å². The van der Waals surface area contributed by atoms with Gasteiger partial charge < -0.3 is 4.90 Å². The Kier molecular flexibility index (Phi) is 7.37. The Hall–Kier alpha value is -2.39. The minimum absolute atomic E-state index is 0.102. The van der Waals surface area contributed by atoms with Crippen LogP contribution in [0.2, 0.25) is 0 Å². The van der Waals surface area contributed by atoms with Crippen molar-refractivity contribution in [2.45, 2.75) is 58.3 Å². The summed E-state index contributed by atoms with van der Waals surface area (Å²) in [6.45, 7) is 8.54. The molecule has 27 heavy (non-hydrogen) atoms. The van der Waals surface area contributed by atoms with Gasteiger partial charge in [-0.1, -0.05) is 23.9 Å². The highest BCUT2D eigenvalue weighted by molar-refractivity contribution is 7.98. The van der Waals surface area contributed by atoms with Gasteiger partial charge in [0, 0.05) is 30.4 Å². The Morgan fingerprint density at radius 1 is 1.19 bits per heavy atom. The second kappa shape index (κ2) is 9.52. The van der Waals surface area contributed by atoms with Crippen LogP contribution in [0.1, 0.15) is 48.3 Å². The number of carbonyl (C=O) groups excluding carboxylic acids is 1. The average Bonchev–Trinajstić information content (AvgIpc) is 2.65. The molecule has 0 fully saturated rings. The molecule has 0 saturated carbocycles. The van der Waals surface area contributed by atoms with Crippen LogP contribution in [0.3, 0.4) is 0 Å². The van der Waals surface area contributed by atoms with Gasteiger partial charge in [0.25, 0.3) is 0 Å². The summed E-state index contributed by atoms with van der Waals surface area (Å²) in [6.07, 6.45) is 3.03. The molecular formula is C21H26N4OS. The van der Waals surface area contributed by atoms with E-state index in [9.17, 15) is 4.79 Å². The molecule has 1 aromatic heterocycles. The maximum absolute atomic E-state index is 12.9. The molecule has 6 heteroatoms. The summed E-state index contributed by atoms with van der Waals surface area (Å²) in [5, 5.41) is 9.68. The Labute approximate surface area is 165 Å². The maximum atomic E-state index is 12.9. The van der Waals surface area contributed by atoms with Gasteiger partial charge in [0.05, 0.1) is 11.6 Å². The highest BCUT2D eigenvalue weighted by Crippen LogP contribution is 2.18. The minimum Gasteiger partial charge on any atom is -0.336 e. The third-order valence-electron chi connectivity index (χ3n) is 4.55. The Morgan fingerprint density at radius 2 is 1.78 bits per heavy atom. The van der Waals surface area contributed by atoms with E-state index in [1.165, 1.54) is 11.8 Å². The SMILES string of the molecule is CSc1nc(C)c(CCC(=O)N(Cc2ccc(C#N)cc2)C(C)C)c(C)n1. The van der Waals surface area contributed by atoms with Crippen LogP contribution in [0.25, 0.3) is 0 Å². The zero-order valence-corrected chi connectivity index (χ0v) is 17.4. The van der Waals surface area contributed by atoms with Gasteiger partial charge in [0.2, 0.25) is 5.91 Å². The van der Waals surface area contributed by atoms with E-state index in [0.29, 0.717) is 24.9 Å². The first-order valence-corrected chi connectivity index (χ1v) is 10.2. The summed E-state index contributed by atoms with van der Waals surface area (Å²) in [6, 6.07) is 9.61. The molecule has 0 N–H and O–H groups in total. The van der Waals surface area contributed by atoms with E-state index >= 15 is 0 Å². The molecule has 142 valence electrons. The summed E-state index contributed by atoms with van der Waals surface area (Å²) in [4.78, 5) is 23.7. The van der Waals surface area contributed by atoms with Gasteiger partial charge in [0.15, 0.2) is 5.16 Å². The molecule has 0 aliphatic heterocycles. The zero-order chi connectivity index (χ0) is 20.0. The van der Waals surface area contributed by atoms with E-state index < -0.39 is 0 Å². The number of carbonyl (C=O) groups is 1. The number of hydrogen-bond acceptors (Lipinski definition) is 5. The first-order valence-electron chi connectivity index (χ1n) is 9.02. The van der Waals surface area contributed by atoms with Crippen molar-refractivity contribution in [1.29, 1.82) is 5.26 Å². The van der Waals surface area contributed by atoms with Gasteiger partial charge in [-0.2, -0.15) is 5.26 Å². The predicted octanol–water partition coefficient (Wildman–Crippen LogP) is 4.06. The standard InChI is InChI=1S/C21H26N4OS/c1-14(2)25(13-18-8-6-17(12-22)7-9-18)20(26)11-10-19-15(3)23-21(27-5)24-16(19)4/h6-9,14H,10-11,13H2,1-5H3. The minimum atomic E-state index is 0.102. The molecule has 0 atom stereocenters. The lowest BCUT2D eigenvalue weighted by Gasteiger charge is -2.27. The third kappa shape index (κ3) is 5.54. The molecule has 1 heterocycles. The van der Waals surface area contributed by atoms with E-state index in [1.807, 2.05) is 51.0 Å². The molecule has 0 spiro atoms. The summed E-state index contributed by atoms with van der Waals surface area (Å²) >= 11 is 1.53. The molecule has 2 aromatic rings. The second-order valence-electron chi connectivity index (χ2n) is 6.78. The van der Waals surface area contributed by atoms with Crippen LogP contribution >= 0.6 is 11.8 Å². The number of nitrogens with zero attached hydrogens (tertiary/aromatic N) is 4. The molecule has 0 saturated heterocycles. The monoisotopic (exact) mass is 382 g/mol. The summed E-state index contributed by atoms with van der Waals surface area (Å²) in [5.41, 5.74) is 4.60. The molecule has 0 unspecified atom stereocenters. The lowest BCUT2D eigenvalue weighted by Crippen LogP contribution is -2.36. The Balaban J connectivity index is 2.08. The first-order chi connectivity index (χ1) is 12.8. The predicted molar refractivity (Wildman–Crippen MR) is 108 cm³/mol. The number of aromatic nitrogens is 2. The number of nitriles is 1. The fraction of sp³-hybridized carbons (Fsp3) is 0.429. The molecular weight excluding hydrogens is 356 g/mol. The number of aryl methyl sites for hydroxylation is 2. The fourth-order valence-electron chi connectivity index (χ4n) is 2.98. The lowest BCUT2D eigenvalue weighted by atomic mass is 10.1. The van der Waals surface area contributed by atoms with Crippen LogP contribution in [0.4, 0.5) is 0 Å². The molecule has 0 bridgehead atoms. The number of thioether (sulfide) groups is 1. The van der Waals surface area contributed by atoms with Crippen molar-refractivity contribution < 1.29 is 4.79 Å². The van der Waals surface area contributed by atoms with Crippen LogP contribution < -0.4 is 0 Å². The number of rotatable bonds is 7. The van der Waals surface area contributed by atoms with Gasteiger partial charge in [-0.15, -0.1) is 0 Å². The number of amides is 1. The largest absolute Gasteiger partial charge is 0.336 e. The van der Waals surface area contributed by atoms with Gasteiger partial charge in [0.1, 0.15) is 0 Å². The van der Waals surface area contributed by atoms with Crippen molar-refractivity contribution in [2.75, 3.05) is 6.26 Å². The van der Waals surface area contributed by atoms with Crippen LogP contribution in [0, 0.1) is 25.2 Å².